The number of hydrogen-bond donors (Lipinski definition) is 8. The highest BCUT2D eigenvalue weighted by Gasteiger charge is 2.21. The van der Waals surface area contributed by atoms with Gasteiger partial charge in [-0.1, -0.05) is 54.5 Å². The van der Waals surface area contributed by atoms with Crippen LogP contribution in [0.1, 0.15) is 93.9 Å². The molecule has 0 spiro atoms. The monoisotopic (exact) mass is 827 g/mol. The summed E-state index contributed by atoms with van der Waals surface area (Å²) in [5.74, 6) is 0.839. The van der Waals surface area contributed by atoms with Crippen LogP contribution in [-0.4, -0.2) is 182 Å². The van der Waals surface area contributed by atoms with Gasteiger partial charge in [-0.3, -0.25) is 24.4 Å². The SMILES string of the molecule is C=C(CCC(C)(C)CCC(C)C)NCCN(CCNCCN(CCN)CCNC(=O)CCC(C)(C)COC(C)C)CCN(CCN)CCNCCN(CCN)CCN. The molecule has 0 fully saturated rings. The summed E-state index contributed by atoms with van der Waals surface area (Å²) in [6, 6.07) is 0. The summed E-state index contributed by atoms with van der Waals surface area (Å²) >= 11 is 0. The van der Waals surface area contributed by atoms with Crippen molar-refractivity contribution in [2.45, 2.75) is 100 Å². The fraction of sp³-hybridized carbons (Fsp3) is 0.932. The third-order valence-corrected chi connectivity index (χ3v) is 10.8. The highest BCUT2D eigenvalue weighted by atomic mass is 16.5. The maximum Gasteiger partial charge on any atom is 0.220 e. The molecule has 12 N–H and O–H groups in total. The second-order valence-corrected chi connectivity index (χ2v) is 18.5. The largest absolute Gasteiger partial charge is 0.388 e. The van der Waals surface area contributed by atoms with Gasteiger partial charge < -0.3 is 48.9 Å². The third-order valence-electron chi connectivity index (χ3n) is 10.8. The number of rotatable bonds is 42. The van der Waals surface area contributed by atoms with E-state index >= 15 is 0 Å². The van der Waals surface area contributed by atoms with Crippen LogP contribution >= 0.6 is 0 Å². The van der Waals surface area contributed by atoms with E-state index in [1.54, 1.807) is 0 Å². The van der Waals surface area contributed by atoms with E-state index < -0.39 is 0 Å². The number of amides is 1. The number of nitrogens with two attached hydrogens (primary N) is 4. The highest BCUT2D eigenvalue weighted by molar-refractivity contribution is 5.75. The molecular formula is C44H98N12O2. The van der Waals surface area contributed by atoms with Crippen LogP contribution in [0.25, 0.3) is 0 Å². The Kier molecular flexibility index (Phi) is 34.3. The summed E-state index contributed by atoms with van der Waals surface area (Å²) < 4.78 is 5.79. The van der Waals surface area contributed by atoms with Crippen LogP contribution in [0.4, 0.5) is 0 Å². The lowest BCUT2D eigenvalue weighted by Crippen LogP contribution is -2.45. The van der Waals surface area contributed by atoms with Gasteiger partial charge in [0.05, 0.1) is 12.7 Å². The Bertz CT molecular complexity index is 978. The maximum atomic E-state index is 12.6. The van der Waals surface area contributed by atoms with Gasteiger partial charge in [0, 0.05) is 156 Å². The molecule has 0 bridgehead atoms. The summed E-state index contributed by atoms with van der Waals surface area (Å²) in [7, 11) is 0. The topological polar surface area (TPSA) is 191 Å². The number of nitrogens with one attached hydrogen (secondary N) is 4. The van der Waals surface area contributed by atoms with Gasteiger partial charge in [-0.15, -0.1) is 0 Å². The number of carbonyl (C=O) groups excluding carboxylic acids is 1. The predicted octanol–water partition coefficient (Wildman–Crippen LogP) is 1.90. The normalized spacial score (nSPS) is 12.7. The lowest BCUT2D eigenvalue weighted by atomic mass is 9.81. The van der Waals surface area contributed by atoms with Gasteiger partial charge >= 0.3 is 0 Å². The van der Waals surface area contributed by atoms with Crippen molar-refractivity contribution in [1.82, 2.24) is 40.9 Å². The Labute approximate surface area is 358 Å². The Morgan fingerprint density at radius 1 is 0.552 bits per heavy atom. The van der Waals surface area contributed by atoms with Gasteiger partial charge in [-0.2, -0.15) is 0 Å². The second kappa shape index (κ2) is 35.2. The van der Waals surface area contributed by atoms with Gasteiger partial charge in [0.25, 0.3) is 0 Å². The fourth-order valence-electron chi connectivity index (χ4n) is 6.68. The molecule has 1 amide bonds. The fourth-order valence-corrected chi connectivity index (χ4v) is 6.68. The first-order valence-electron chi connectivity index (χ1n) is 23.0. The van der Waals surface area contributed by atoms with Gasteiger partial charge in [0.2, 0.25) is 5.91 Å². The molecular weight excluding hydrogens is 729 g/mol. The Hall–Kier alpha value is -1.43. The number of nitrogens with zero attached hydrogens (tertiary/aromatic N) is 4. The van der Waals surface area contributed by atoms with Crippen molar-refractivity contribution in [3.8, 4) is 0 Å². The van der Waals surface area contributed by atoms with E-state index in [2.05, 4.69) is 89.0 Å². The second-order valence-electron chi connectivity index (χ2n) is 18.5. The van der Waals surface area contributed by atoms with Crippen molar-refractivity contribution >= 4 is 5.91 Å². The smallest absolute Gasteiger partial charge is 0.220 e. The molecule has 0 aliphatic rings. The number of allylic oxidation sites excluding steroid dienone is 1. The molecule has 0 aromatic carbocycles. The first-order chi connectivity index (χ1) is 27.6. The molecule has 0 saturated carbocycles. The van der Waals surface area contributed by atoms with E-state index in [9.17, 15) is 4.79 Å². The molecule has 0 heterocycles. The van der Waals surface area contributed by atoms with Gasteiger partial charge in [0.1, 0.15) is 0 Å². The van der Waals surface area contributed by atoms with E-state index in [1.165, 1.54) is 12.8 Å². The lowest BCUT2D eigenvalue weighted by molar-refractivity contribution is -0.121. The van der Waals surface area contributed by atoms with Gasteiger partial charge in [-0.05, 0) is 56.3 Å². The van der Waals surface area contributed by atoms with Crippen LogP contribution in [0, 0.1) is 16.7 Å². The molecule has 0 saturated heterocycles. The van der Waals surface area contributed by atoms with E-state index in [0.717, 1.165) is 142 Å². The number of hydrogen-bond acceptors (Lipinski definition) is 13. The zero-order chi connectivity index (χ0) is 43.7. The van der Waals surface area contributed by atoms with Gasteiger partial charge in [0.15, 0.2) is 0 Å². The maximum absolute atomic E-state index is 12.6. The predicted molar refractivity (Wildman–Crippen MR) is 249 cm³/mol. The zero-order valence-corrected chi connectivity index (χ0v) is 39.3. The van der Waals surface area contributed by atoms with Crippen LogP contribution in [0.3, 0.4) is 0 Å². The average Bonchev–Trinajstić information content (AvgIpc) is 3.16. The quantitative estimate of drug-likeness (QED) is 0.0417. The van der Waals surface area contributed by atoms with Crippen LogP contribution in [-0.2, 0) is 9.53 Å². The Morgan fingerprint density at radius 2 is 0.948 bits per heavy atom. The van der Waals surface area contributed by atoms with Crippen molar-refractivity contribution in [2.75, 3.05) is 151 Å². The molecule has 14 nitrogen and oxygen atoms in total. The molecule has 0 radical (unpaired) electrons. The summed E-state index contributed by atoms with van der Waals surface area (Å²) in [4.78, 5) is 22.3. The van der Waals surface area contributed by atoms with Crippen molar-refractivity contribution in [3.63, 3.8) is 0 Å². The molecule has 0 unspecified atom stereocenters. The molecule has 14 heteroatoms. The average molecular weight is 827 g/mol. The molecule has 0 aromatic heterocycles. The van der Waals surface area contributed by atoms with Crippen LogP contribution < -0.4 is 44.2 Å². The first kappa shape index (κ1) is 56.6. The molecule has 0 rings (SSSR count). The molecule has 346 valence electrons. The first-order valence-corrected chi connectivity index (χ1v) is 23.0. The minimum atomic E-state index is -0.0245. The zero-order valence-electron chi connectivity index (χ0n) is 39.3. The number of ether oxygens (including phenoxy) is 1. The Balaban J connectivity index is 5.02. The lowest BCUT2D eigenvalue weighted by Gasteiger charge is -2.29. The Morgan fingerprint density at radius 3 is 1.40 bits per heavy atom. The van der Waals surface area contributed by atoms with E-state index in [1.807, 2.05) is 13.8 Å². The highest BCUT2D eigenvalue weighted by Crippen LogP contribution is 2.31. The van der Waals surface area contributed by atoms with E-state index in [-0.39, 0.29) is 17.4 Å². The third kappa shape index (κ3) is 34.3. The summed E-state index contributed by atoms with van der Waals surface area (Å²) in [6.45, 7) is 41.4. The van der Waals surface area contributed by atoms with Crippen molar-refractivity contribution < 1.29 is 9.53 Å². The van der Waals surface area contributed by atoms with Crippen molar-refractivity contribution in [3.05, 3.63) is 12.3 Å². The van der Waals surface area contributed by atoms with E-state index in [0.29, 0.717) is 51.2 Å². The van der Waals surface area contributed by atoms with Crippen LogP contribution in [0.2, 0.25) is 0 Å². The van der Waals surface area contributed by atoms with Crippen LogP contribution in [0.5, 0.6) is 0 Å². The molecule has 58 heavy (non-hydrogen) atoms. The standard InChI is InChI=1S/C44H98N12O2/c1-39(2)10-13-43(6,7)14-11-41(5)51-24-34-56(37-36-55(29-19-48)32-22-49-20-30-53(26-16-45)27-17-46)33-23-50-21-31-54(28-18-47)35-25-52-42(57)12-15-44(8,9)38-58-40(3)4/h39-40,49-51H,5,10-38,45-48H2,1-4,6-9H3,(H,52,57). The van der Waals surface area contributed by atoms with Gasteiger partial charge in [-0.25, -0.2) is 0 Å². The summed E-state index contributed by atoms with van der Waals surface area (Å²) in [5, 5.41) is 14.1. The minimum Gasteiger partial charge on any atom is -0.388 e. The van der Waals surface area contributed by atoms with Crippen molar-refractivity contribution in [1.29, 1.82) is 0 Å². The minimum absolute atomic E-state index is 0.0245. The van der Waals surface area contributed by atoms with E-state index in [4.69, 9.17) is 27.7 Å². The molecule has 0 aliphatic carbocycles. The number of carbonyl (C=O) groups is 1. The molecule has 0 aromatic rings. The molecule has 0 atom stereocenters. The van der Waals surface area contributed by atoms with Crippen LogP contribution in [0.15, 0.2) is 12.3 Å². The van der Waals surface area contributed by atoms with Crippen molar-refractivity contribution in [2.24, 2.45) is 39.7 Å². The summed E-state index contributed by atoms with van der Waals surface area (Å²) in [6.07, 6.45) is 6.19. The summed E-state index contributed by atoms with van der Waals surface area (Å²) in [5.41, 5.74) is 25.0. The molecule has 0 aliphatic heterocycles.